The van der Waals surface area contributed by atoms with Crippen LogP contribution in [0.2, 0.25) is 5.02 Å². The molecule has 0 amide bonds. The molecule has 0 N–H and O–H groups in total. The number of carbonyl (C=O) groups is 1. The predicted octanol–water partition coefficient (Wildman–Crippen LogP) is 2.67. The molecule has 3 nitrogen and oxygen atoms in total. The summed E-state index contributed by atoms with van der Waals surface area (Å²) in [6.07, 6.45) is 0.803. The highest BCUT2D eigenvalue weighted by Gasteiger charge is 2.05. The zero-order chi connectivity index (χ0) is 11.1. The summed E-state index contributed by atoms with van der Waals surface area (Å²) in [6, 6.07) is 6.99. The third-order valence-corrected chi connectivity index (χ3v) is 1.96. The molecule has 0 aromatic heterocycles. The van der Waals surface area contributed by atoms with Crippen LogP contribution in [0.1, 0.15) is 13.3 Å². The van der Waals surface area contributed by atoms with E-state index in [1.807, 2.05) is 6.92 Å². The zero-order valence-electron chi connectivity index (χ0n) is 8.53. The fourth-order valence-corrected chi connectivity index (χ4v) is 1.15. The Bertz CT molecular complexity index is 325. The molecule has 0 fully saturated rings. The molecule has 0 unspecified atom stereocenters. The first-order chi connectivity index (χ1) is 7.24. The average molecular weight is 229 g/mol. The first-order valence-corrected chi connectivity index (χ1v) is 5.14. The van der Waals surface area contributed by atoms with E-state index in [1.165, 1.54) is 0 Å². The van der Waals surface area contributed by atoms with Gasteiger partial charge in [0, 0.05) is 0 Å². The number of hydrogen-bond donors (Lipinski definition) is 0. The smallest absolute Gasteiger partial charge is 0.344 e. The minimum Gasteiger partial charge on any atom is -0.480 e. The third kappa shape index (κ3) is 4.21. The highest BCUT2D eigenvalue weighted by molar-refractivity contribution is 6.32. The molecule has 0 bridgehead atoms. The molecule has 0 radical (unpaired) electrons. The van der Waals surface area contributed by atoms with Crippen LogP contribution >= 0.6 is 11.6 Å². The van der Waals surface area contributed by atoms with Crippen molar-refractivity contribution in [1.29, 1.82) is 0 Å². The van der Waals surface area contributed by atoms with Crippen molar-refractivity contribution in [3.8, 4) is 5.75 Å². The van der Waals surface area contributed by atoms with E-state index in [0.29, 0.717) is 17.4 Å². The largest absolute Gasteiger partial charge is 0.480 e. The van der Waals surface area contributed by atoms with Crippen molar-refractivity contribution in [1.82, 2.24) is 0 Å². The second kappa shape index (κ2) is 6.30. The van der Waals surface area contributed by atoms with Gasteiger partial charge in [0.1, 0.15) is 5.75 Å². The third-order valence-electron chi connectivity index (χ3n) is 1.65. The lowest BCUT2D eigenvalue weighted by Gasteiger charge is -2.07. The van der Waals surface area contributed by atoms with Gasteiger partial charge in [0.05, 0.1) is 11.6 Å². The summed E-state index contributed by atoms with van der Waals surface area (Å²) in [7, 11) is 0. The molecule has 1 aromatic rings. The molecule has 82 valence electrons. The van der Waals surface area contributed by atoms with Gasteiger partial charge in [-0.05, 0) is 18.6 Å². The van der Waals surface area contributed by atoms with Crippen LogP contribution in [-0.4, -0.2) is 19.2 Å². The van der Waals surface area contributed by atoms with E-state index in [4.69, 9.17) is 21.1 Å². The maximum absolute atomic E-state index is 11.1. The van der Waals surface area contributed by atoms with Gasteiger partial charge in [0.2, 0.25) is 0 Å². The lowest BCUT2D eigenvalue weighted by atomic mass is 10.3. The van der Waals surface area contributed by atoms with Crippen molar-refractivity contribution in [3.05, 3.63) is 29.3 Å². The number of benzene rings is 1. The molecule has 4 heteroatoms. The number of rotatable bonds is 5. The number of ether oxygens (including phenoxy) is 2. The van der Waals surface area contributed by atoms with E-state index in [-0.39, 0.29) is 12.6 Å². The summed E-state index contributed by atoms with van der Waals surface area (Å²) < 4.78 is 10.0. The number of esters is 1. The van der Waals surface area contributed by atoms with E-state index in [0.717, 1.165) is 6.42 Å². The highest BCUT2D eigenvalue weighted by Crippen LogP contribution is 2.22. The summed E-state index contributed by atoms with van der Waals surface area (Å²) in [4.78, 5) is 11.1. The van der Waals surface area contributed by atoms with E-state index in [9.17, 15) is 4.79 Å². The van der Waals surface area contributed by atoms with Gasteiger partial charge >= 0.3 is 5.97 Å². The Morgan fingerprint density at radius 3 is 2.80 bits per heavy atom. The summed E-state index contributed by atoms with van der Waals surface area (Å²) >= 11 is 5.83. The van der Waals surface area contributed by atoms with E-state index in [2.05, 4.69) is 0 Å². The van der Waals surface area contributed by atoms with Crippen LogP contribution in [0.3, 0.4) is 0 Å². The summed E-state index contributed by atoms with van der Waals surface area (Å²) in [5.74, 6) is 0.115. The molecule has 15 heavy (non-hydrogen) atoms. The van der Waals surface area contributed by atoms with Gasteiger partial charge in [0.25, 0.3) is 0 Å². The SMILES string of the molecule is CCCOC(=O)COc1ccccc1Cl. The molecule has 1 aromatic carbocycles. The quantitative estimate of drug-likeness (QED) is 0.727. The molecule has 0 aliphatic rings. The molecular formula is C11H13ClO3. The van der Waals surface area contributed by atoms with Crippen LogP contribution in [0.15, 0.2) is 24.3 Å². The molecule has 0 aliphatic carbocycles. The van der Waals surface area contributed by atoms with E-state index in [1.54, 1.807) is 24.3 Å². The second-order valence-electron chi connectivity index (χ2n) is 2.94. The normalized spacial score (nSPS) is 9.73. The average Bonchev–Trinajstić information content (AvgIpc) is 2.25. The van der Waals surface area contributed by atoms with E-state index < -0.39 is 0 Å². The molecule has 1 rings (SSSR count). The maximum atomic E-state index is 11.1. The Labute approximate surface area is 93.9 Å². The Morgan fingerprint density at radius 2 is 2.13 bits per heavy atom. The number of carbonyl (C=O) groups excluding carboxylic acids is 1. The van der Waals surface area contributed by atoms with Crippen molar-refractivity contribution in [2.24, 2.45) is 0 Å². The topological polar surface area (TPSA) is 35.5 Å². The number of hydrogen-bond acceptors (Lipinski definition) is 3. The molecule has 0 atom stereocenters. The van der Waals surface area contributed by atoms with Crippen LogP contribution in [0.4, 0.5) is 0 Å². The lowest BCUT2D eigenvalue weighted by Crippen LogP contribution is -2.15. The van der Waals surface area contributed by atoms with Crippen molar-refractivity contribution < 1.29 is 14.3 Å². The number of halogens is 1. The van der Waals surface area contributed by atoms with Gasteiger partial charge < -0.3 is 9.47 Å². The summed E-state index contributed by atoms with van der Waals surface area (Å²) in [5.41, 5.74) is 0. The lowest BCUT2D eigenvalue weighted by molar-refractivity contribution is -0.146. The van der Waals surface area contributed by atoms with Gasteiger partial charge in [-0.15, -0.1) is 0 Å². The molecule has 0 heterocycles. The molecular weight excluding hydrogens is 216 g/mol. The molecule has 0 spiro atoms. The molecule has 0 saturated carbocycles. The molecule has 0 aliphatic heterocycles. The zero-order valence-corrected chi connectivity index (χ0v) is 9.29. The minimum atomic E-state index is -0.378. The fourth-order valence-electron chi connectivity index (χ4n) is 0.956. The van der Waals surface area contributed by atoms with Crippen molar-refractivity contribution >= 4 is 17.6 Å². The first-order valence-electron chi connectivity index (χ1n) is 4.77. The van der Waals surface area contributed by atoms with Gasteiger partial charge in [0.15, 0.2) is 6.61 Å². The van der Waals surface area contributed by atoms with Crippen LogP contribution in [0.5, 0.6) is 5.75 Å². The van der Waals surface area contributed by atoms with Crippen LogP contribution < -0.4 is 4.74 Å². The van der Waals surface area contributed by atoms with Gasteiger partial charge in [-0.25, -0.2) is 4.79 Å². The monoisotopic (exact) mass is 228 g/mol. The Hall–Kier alpha value is -1.22. The van der Waals surface area contributed by atoms with E-state index >= 15 is 0 Å². The first kappa shape index (κ1) is 11.9. The van der Waals surface area contributed by atoms with Crippen LogP contribution in [0.25, 0.3) is 0 Å². The maximum Gasteiger partial charge on any atom is 0.344 e. The standard InChI is InChI=1S/C11H13ClO3/c1-2-7-14-11(13)8-15-10-6-4-3-5-9(10)12/h3-6H,2,7-8H2,1H3. The Morgan fingerprint density at radius 1 is 1.40 bits per heavy atom. The van der Waals surface area contributed by atoms with Crippen molar-refractivity contribution in [3.63, 3.8) is 0 Å². The minimum absolute atomic E-state index is 0.107. The fraction of sp³-hybridized carbons (Fsp3) is 0.364. The summed E-state index contributed by atoms with van der Waals surface area (Å²) in [6.45, 7) is 2.25. The second-order valence-corrected chi connectivity index (χ2v) is 3.35. The van der Waals surface area contributed by atoms with Crippen LogP contribution in [-0.2, 0) is 9.53 Å². The highest BCUT2D eigenvalue weighted by atomic mass is 35.5. The van der Waals surface area contributed by atoms with Gasteiger partial charge in [-0.3, -0.25) is 0 Å². The molecule has 0 saturated heterocycles. The Kier molecular flexibility index (Phi) is 4.98. The summed E-state index contributed by atoms with van der Waals surface area (Å²) in [5, 5.41) is 0.487. The van der Waals surface area contributed by atoms with Crippen molar-refractivity contribution in [2.45, 2.75) is 13.3 Å². The van der Waals surface area contributed by atoms with Crippen LogP contribution in [0, 0.1) is 0 Å². The van der Waals surface area contributed by atoms with Crippen molar-refractivity contribution in [2.75, 3.05) is 13.2 Å². The Balaban J connectivity index is 2.37. The predicted molar refractivity (Wildman–Crippen MR) is 58.2 cm³/mol. The van der Waals surface area contributed by atoms with Gasteiger partial charge in [-0.1, -0.05) is 30.7 Å². The number of para-hydroxylation sites is 1. The van der Waals surface area contributed by atoms with Gasteiger partial charge in [-0.2, -0.15) is 0 Å².